The molecule has 2 atom stereocenters. The lowest BCUT2D eigenvalue weighted by atomic mass is 10.1. The first kappa shape index (κ1) is 9.34. The Kier molecular flexibility index (Phi) is 2.33. The van der Waals surface area contributed by atoms with Crippen molar-refractivity contribution in [3.63, 3.8) is 0 Å². The second kappa shape index (κ2) is 3.50. The molecule has 0 saturated heterocycles. The maximum atomic E-state index is 5.88. The highest BCUT2D eigenvalue weighted by Gasteiger charge is 2.38. The van der Waals surface area contributed by atoms with Crippen molar-refractivity contribution in [1.29, 1.82) is 0 Å². The van der Waals surface area contributed by atoms with Crippen LogP contribution < -0.4 is 11.5 Å². The first-order valence-electron chi connectivity index (χ1n) is 4.51. The summed E-state index contributed by atoms with van der Waals surface area (Å²) in [5.74, 6) is 0.607. The lowest BCUT2D eigenvalue weighted by molar-refractivity contribution is 0.982. The summed E-state index contributed by atoms with van der Waals surface area (Å²) in [4.78, 5) is 4.11. The van der Waals surface area contributed by atoms with Crippen molar-refractivity contribution in [2.24, 2.45) is 16.5 Å². The fourth-order valence-corrected chi connectivity index (χ4v) is 1.81. The van der Waals surface area contributed by atoms with Gasteiger partial charge in [0.15, 0.2) is 5.96 Å². The lowest BCUT2D eigenvalue weighted by Gasteiger charge is -1.98. The minimum atomic E-state index is 0.166. The van der Waals surface area contributed by atoms with Crippen molar-refractivity contribution < 1.29 is 0 Å². The van der Waals surface area contributed by atoms with E-state index < -0.39 is 0 Å². The van der Waals surface area contributed by atoms with Crippen LogP contribution in [0.1, 0.15) is 17.9 Å². The molecule has 74 valence electrons. The first-order chi connectivity index (χ1) is 6.66. The standard InChI is InChI=1S/C10H12ClN3/c11-7-3-1-2-6(4-7)8-5-9(8)14-10(12)13/h1-4,8-9H,5H2,(H4,12,13,14). The summed E-state index contributed by atoms with van der Waals surface area (Å²) >= 11 is 5.88. The van der Waals surface area contributed by atoms with Gasteiger partial charge in [-0.25, -0.2) is 4.99 Å². The highest BCUT2D eigenvalue weighted by molar-refractivity contribution is 6.30. The average molecular weight is 210 g/mol. The van der Waals surface area contributed by atoms with Crippen LogP contribution in [0.2, 0.25) is 5.02 Å². The number of benzene rings is 1. The van der Waals surface area contributed by atoms with Crippen molar-refractivity contribution in [2.45, 2.75) is 18.4 Å². The normalized spacial score (nSPS) is 24.4. The molecule has 4 N–H and O–H groups in total. The highest BCUT2D eigenvalue weighted by Crippen LogP contribution is 2.43. The Morgan fingerprint density at radius 1 is 1.43 bits per heavy atom. The van der Waals surface area contributed by atoms with Gasteiger partial charge in [-0.1, -0.05) is 23.7 Å². The molecule has 0 aliphatic heterocycles. The third kappa shape index (κ3) is 1.99. The van der Waals surface area contributed by atoms with Crippen molar-refractivity contribution in [3.05, 3.63) is 34.9 Å². The third-order valence-corrected chi connectivity index (χ3v) is 2.58. The second-order valence-electron chi connectivity index (χ2n) is 3.52. The Morgan fingerprint density at radius 2 is 2.21 bits per heavy atom. The fraction of sp³-hybridized carbons (Fsp3) is 0.300. The van der Waals surface area contributed by atoms with E-state index in [4.69, 9.17) is 23.1 Å². The molecule has 3 nitrogen and oxygen atoms in total. The molecule has 0 amide bonds. The maximum absolute atomic E-state index is 5.88. The molecule has 4 heteroatoms. The van der Waals surface area contributed by atoms with Crippen LogP contribution in [0.3, 0.4) is 0 Å². The minimum Gasteiger partial charge on any atom is -0.370 e. The first-order valence-corrected chi connectivity index (χ1v) is 4.89. The number of guanidine groups is 1. The topological polar surface area (TPSA) is 64.4 Å². The number of aliphatic imine (C=N–C) groups is 1. The number of nitrogens with zero attached hydrogens (tertiary/aromatic N) is 1. The molecule has 1 aromatic rings. The highest BCUT2D eigenvalue weighted by atomic mass is 35.5. The van der Waals surface area contributed by atoms with Gasteiger partial charge in [-0.3, -0.25) is 0 Å². The van der Waals surface area contributed by atoms with Gasteiger partial charge in [-0.2, -0.15) is 0 Å². The van der Waals surface area contributed by atoms with E-state index in [1.807, 2.05) is 18.2 Å². The van der Waals surface area contributed by atoms with E-state index in [-0.39, 0.29) is 12.0 Å². The molecule has 0 radical (unpaired) electrons. The van der Waals surface area contributed by atoms with E-state index in [1.54, 1.807) is 0 Å². The summed E-state index contributed by atoms with van der Waals surface area (Å²) < 4.78 is 0. The van der Waals surface area contributed by atoms with E-state index in [1.165, 1.54) is 5.56 Å². The zero-order valence-electron chi connectivity index (χ0n) is 7.65. The summed E-state index contributed by atoms with van der Waals surface area (Å²) in [5.41, 5.74) is 11.8. The SMILES string of the molecule is NC(N)=NC1CC1c1cccc(Cl)c1. The number of hydrogen-bond acceptors (Lipinski definition) is 1. The van der Waals surface area contributed by atoms with Gasteiger partial charge in [0.25, 0.3) is 0 Å². The van der Waals surface area contributed by atoms with Crippen molar-refractivity contribution >= 4 is 17.6 Å². The molecule has 1 saturated carbocycles. The molecular formula is C10H12ClN3. The monoisotopic (exact) mass is 209 g/mol. The van der Waals surface area contributed by atoms with Crippen LogP contribution in [-0.2, 0) is 0 Å². The van der Waals surface area contributed by atoms with Crippen LogP contribution in [0.4, 0.5) is 0 Å². The van der Waals surface area contributed by atoms with E-state index in [9.17, 15) is 0 Å². The predicted octanol–water partition coefficient (Wildman–Crippen LogP) is 1.47. The molecule has 0 heterocycles. The van der Waals surface area contributed by atoms with Gasteiger partial charge in [0.2, 0.25) is 0 Å². The molecule has 1 aliphatic rings. The summed E-state index contributed by atoms with van der Waals surface area (Å²) in [7, 11) is 0. The Balaban J connectivity index is 2.10. The molecule has 1 aliphatic carbocycles. The van der Waals surface area contributed by atoms with Gasteiger partial charge in [-0.05, 0) is 24.1 Å². The van der Waals surface area contributed by atoms with Crippen LogP contribution in [0.25, 0.3) is 0 Å². The van der Waals surface area contributed by atoms with E-state index >= 15 is 0 Å². The van der Waals surface area contributed by atoms with E-state index in [0.717, 1.165) is 11.4 Å². The molecule has 1 aromatic carbocycles. The fourth-order valence-electron chi connectivity index (χ4n) is 1.61. The van der Waals surface area contributed by atoms with Gasteiger partial charge in [0.1, 0.15) is 0 Å². The Bertz CT molecular complexity index is 371. The van der Waals surface area contributed by atoms with Crippen molar-refractivity contribution in [1.82, 2.24) is 0 Å². The molecule has 0 bridgehead atoms. The van der Waals surface area contributed by atoms with Crippen LogP contribution in [0, 0.1) is 0 Å². The summed E-state index contributed by atoms with van der Waals surface area (Å²) in [6, 6.07) is 8.08. The summed E-state index contributed by atoms with van der Waals surface area (Å²) in [5, 5.41) is 0.762. The van der Waals surface area contributed by atoms with Gasteiger partial charge >= 0.3 is 0 Å². The number of rotatable bonds is 2. The quantitative estimate of drug-likeness (QED) is 0.572. The molecule has 14 heavy (non-hydrogen) atoms. The number of nitrogens with two attached hydrogens (primary N) is 2. The third-order valence-electron chi connectivity index (χ3n) is 2.35. The van der Waals surface area contributed by atoms with Crippen LogP contribution in [0.5, 0.6) is 0 Å². The zero-order valence-corrected chi connectivity index (χ0v) is 8.41. The van der Waals surface area contributed by atoms with Crippen molar-refractivity contribution in [2.75, 3.05) is 0 Å². The smallest absolute Gasteiger partial charge is 0.186 e. The minimum absolute atomic E-state index is 0.166. The predicted molar refractivity (Wildman–Crippen MR) is 58.4 cm³/mol. The summed E-state index contributed by atoms with van der Waals surface area (Å²) in [6.45, 7) is 0. The number of halogens is 1. The Morgan fingerprint density at radius 3 is 2.86 bits per heavy atom. The van der Waals surface area contributed by atoms with Gasteiger partial charge in [-0.15, -0.1) is 0 Å². The van der Waals surface area contributed by atoms with E-state index in [2.05, 4.69) is 11.1 Å². The molecule has 2 unspecified atom stereocenters. The largest absolute Gasteiger partial charge is 0.370 e. The maximum Gasteiger partial charge on any atom is 0.186 e. The zero-order chi connectivity index (χ0) is 10.1. The average Bonchev–Trinajstić information content (AvgIpc) is 2.82. The molecule has 1 fully saturated rings. The van der Waals surface area contributed by atoms with Crippen molar-refractivity contribution in [3.8, 4) is 0 Å². The number of hydrogen-bond donors (Lipinski definition) is 2. The van der Waals surface area contributed by atoms with Gasteiger partial charge in [0.05, 0.1) is 6.04 Å². The van der Waals surface area contributed by atoms with Crippen LogP contribution in [-0.4, -0.2) is 12.0 Å². The van der Waals surface area contributed by atoms with Gasteiger partial charge in [0, 0.05) is 10.9 Å². The Hall–Kier alpha value is -1.22. The van der Waals surface area contributed by atoms with E-state index in [0.29, 0.717) is 5.92 Å². The van der Waals surface area contributed by atoms with Gasteiger partial charge < -0.3 is 11.5 Å². The Labute approximate surface area is 87.8 Å². The molecule has 0 spiro atoms. The lowest BCUT2D eigenvalue weighted by Crippen LogP contribution is -2.23. The van der Waals surface area contributed by atoms with Crippen LogP contribution in [0.15, 0.2) is 29.3 Å². The second-order valence-corrected chi connectivity index (χ2v) is 3.95. The summed E-state index contributed by atoms with van der Waals surface area (Å²) in [6.07, 6.45) is 1.01. The van der Waals surface area contributed by atoms with Crippen LogP contribution >= 0.6 is 11.6 Å². The molecule has 0 aromatic heterocycles. The molecule has 2 rings (SSSR count). The molecular weight excluding hydrogens is 198 g/mol.